The van der Waals surface area contributed by atoms with Gasteiger partial charge in [-0.3, -0.25) is 9.59 Å². The quantitative estimate of drug-likeness (QED) is 0.595. The zero-order valence-electron chi connectivity index (χ0n) is 10.5. The van der Waals surface area contributed by atoms with Gasteiger partial charge in [0.15, 0.2) is 0 Å². The van der Waals surface area contributed by atoms with Crippen molar-refractivity contribution in [3.05, 3.63) is 50.2 Å². The maximum atomic E-state index is 13.2. The molecule has 0 radical (unpaired) electrons. The minimum absolute atomic E-state index is 0.255. The third-order valence-corrected chi connectivity index (χ3v) is 3.39. The van der Waals surface area contributed by atoms with E-state index >= 15 is 0 Å². The summed E-state index contributed by atoms with van der Waals surface area (Å²) in [5.74, 6) is -0.953. The van der Waals surface area contributed by atoms with Crippen LogP contribution in [-0.4, -0.2) is 22.9 Å². The number of carbonyl (C=O) groups is 1. The molecule has 0 fully saturated rings. The van der Waals surface area contributed by atoms with Crippen molar-refractivity contribution in [2.75, 3.05) is 7.11 Å². The summed E-state index contributed by atoms with van der Waals surface area (Å²) in [7, 11) is 1.24. The molecule has 5 nitrogen and oxygen atoms in total. The van der Waals surface area contributed by atoms with Crippen molar-refractivity contribution in [3.63, 3.8) is 0 Å². The van der Waals surface area contributed by atoms with Crippen LogP contribution in [0.3, 0.4) is 0 Å². The molecule has 104 valence electrons. The van der Waals surface area contributed by atoms with E-state index in [4.69, 9.17) is 0 Å². The molecule has 0 aliphatic carbocycles. The molecule has 0 N–H and O–H groups in total. The highest BCUT2D eigenvalue weighted by Gasteiger charge is 2.11. The maximum absolute atomic E-state index is 13.2. The lowest BCUT2D eigenvalue weighted by Crippen LogP contribution is -2.27. The number of aromatic nitrogens is 2. The van der Waals surface area contributed by atoms with Crippen molar-refractivity contribution in [1.29, 1.82) is 0 Å². The highest BCUT2D eigenvalue weighted by atomic mass is 127. The van der Waals surface area contributed by atoms with E-state index in [0.717, 1.165) is 4.68 Å². The zero-order valence-corrected chi connectivity index (χ0v) is 12.6. The van der Waals surface area contributed by atoms with E-state index in [2.05, 4.69) is 9.84 Å². The smallest absolute Gasteiger partial charge is 0.327 e. The molecule has 7 heteroatoms. The highest BCUT2D eigenvalue weighted by Crippen LogP contribution is 2.22. The molecule has 1 aromatic carbocycles. The summed E-state index contributed by atoms with van der Waals surface area (Å²) in [6.45, 7) is -0.255. The molecular weight excluding hydrogens is 378 g/mol. The van der Waals surface area contributed by atoms with Gasteiger partial charge in [0.25, 0.3) is 5.56 Å². The third-order valence-electron chi connectivity index (χ3n) is 2.60. The minimum Gasteiger partial charge on any atom is -0.468 e. The first-order valence-corrected chi connectivity index (χ1v) is 6.69. The van der Waals surface area contributed by atoms with E-state index in [1.54, 1.807) is 12.1 Å². The average Bonchev–Trinajstić information content (AvgIpc) is 2.42. The van der Waals surface area contributed by atoms with Gasteiger partial charge < -0.3 is 4.74 Å². The standard InChI is InChI=1S/C13H10FIN2O3/c1-20-12(19)7-17-11(18)6-10(13(15)16-17)8-3-2-4-9(14)5-8/h2-6H,7H2,1H3. The molecular formula is C13H10FIN2O3. The Labute approximate surface area is 127 Å². The van der Waals surface area contributed by atoms with Gasteiger partial charge in [-0.05, 0) is 40.3 Å². The number of hydrogen-bond acceptors (Lipinski definition) is 4. The number of esters is 1. The summed E-state index contributed by atoms with van der Waals surface area (Å²) >= 11 is 1.93. The van der Waals surface area contributed by atoms with Gasteiger partial charge in [0, 0.05) is 11.6 Å². The number of carbonyl (C=O) groups excluding carboxylic acids is 1. The average molecular weight is 388 g/mol. The molecule has 20 heavy (non-hydrogen) atoms. The Morgan fingerprint density at radius 1 is 1.45 bits per heavy atom. The lowest BCUT2D eigenvalue weighted by molar-refractivity contribution is -0.141. The van der Waals surface area contributed by atoms with Crippen LogP contribution in [0.4, 0.5) is 4.39 Å². The van der Waals surface area contributed by atoms with E-state index in [1.807, 2.05) is 22.6 Å². The first-order chi connectivity index (χ1) is 9.51. The van der Waals surface area contributed by atoms with Gasteiger partial charge >= 0.3 is 5.97 Å². The Bertz CT molecular complexity index is 715. The zero-order chi connectivity index (χ0) is 14.7. The van der Waals surface area contributed by atoms with Crippen LogP contribution in [0.1, 0.15) is 0 Å². The molecule has 0 amide bonds. The Balaban J connectivity index is 2.45. The molecule has 1 aromatic heterocycles. The summed E-state index contributed by atoms with van der Waals surface area (Å²) in [6.07, 6.45) is 0. The van der Waals surface area contributed by atoms with Gasteiger partial charge in [0.1, 0.15) is 16.1 Å². The second-order valence-electron chi connectivity index (χ2n) is 3.93. The maximum Gasteiger partial charge on any atom is 0.327 e. The summed E-state index contributed by atoms with van der Waals surface area (Å²) in [4.78, 5) is 23.1. The van der Waals surface area contributed by atoms with Crippen LogP contribution in [0, 0.1) is 9.52 Å². The molecule has 0 unspecified atom stereocenters. The van der Waals surface area contributed by atoms with Gasteiger partial charge in [-0.15, -0.1) is 0 Å². The molecule has 0 aliphatic rings. The van der Waals surface area contributed by atoms with E-state index < -0.39 is 17.3 Å². The van der Waals surface area contributed by atoms with Crippen LogP contribution >= 0.6 is 22.6 Å². The van der Waals surface area contributed by atoms with Crippen molar-refractivity contribution in [2.45, 2.75) is 6.54 Å². The van der Waals surface area contributed by atoms with Gasteiger partial charge in [-0.25, -0.2) is 9.07 Å². The van der Waals surface area contributed by atoms with Gasteiger partial charge in [-0.1, -0.05) is 12.1 Å². The lowest BCUT2D eigenvalue weighted by atomic mass is 10.1. The first-order valence-electron chi connectivity index (χ1n) is 5.61. The number of benzene rings is 1. The molecule has 0 bridgehead atoms. The molecule has 0 spiro atoms. The first kappa shape index (κ1) is 14.6. The number of rotatable bonds is 3. The summed E-state index contributed by atoms with van der Waals surface area (Å²) in [6, 6.07) is 7.21. The van der Waals surface area contributed by atoms with Gasteiger partial charge in [0.2, 0.25) is 0 Å². The van der Waals surface area contributed by atoms with Gasteiger partial charge in [-0.2, -0.15) is 5.10 Å². The number of halogens is 2. The molecule has 1 heterocycles. The van der Waals surface area contributed by atoms with Crippen molar-refractivity contribution in [2.24, 2.45) is 0 Å². The lowest BCUT2D eigenvalue weighted by Gasteiger charge is -2.08. The number of hydrogen-bond donors (Lipinski definition) is 0. The fourth-order valence-electron chi connectivity index (χ4n) is 1.63. The van der Waals surface area contributed by atoms with Gasteiger partial charge in [0.05, 0.1) is 7.11 Å². The molecule has 0 aliphatic heterocycles. The van der Waals surface area contributed by atoms with E-state index in [-0.39, 0.29) is 6.54 Å². The Hall–Kier alpha value is -1.77. The topological polar surface area (TPSA) is 61.2 Å². The minimum atomic E-state index is -0.561. The molecule has 0 saturated heterocycles. The van der Waals surface area contributed by atoms with Crippen LogP contribution in [-0.2, 0) is 16.1 Å². The number of methoxy groups -OCH3 is 1. The Kier molecular flexibility index (Phi) is 4.48. The second kappa shape index (κ2) is 6.12. The number of nitrogens with zero attached hydrogens (tertiary/aromatic N) is 2. The molecule has 2 aromatic rings. The Morgan fingerprint density at radius 2 is 2.20 bits per heavy atom. The SMILES string of the molecule is COC(=O)Cn1nc(I)c(-c2cccc(F)c2)cc1=O. The van der Waals surface area contributed by atoms with Crippen LogP contribution in [0.25, 0.3) is 11.1 Å². The van der Waals surface area contributed by atoms with Crippen molar-refractivity contribution < 1.29 is 13.9 Å². The fourth-order valence-corrected chi connectivity index (χ4v) is 2.35. The predicted octanol–water partition coefficient (Wildman–Crippen LogP) is 1.83. The molecule has 0 atom stereocenters. The van der Waals surface area contributed by atoms with Crippen LogP contribution < -0.4 is 5.56 Å². The van der Waals surface area contributed by atoms with Crippen LogP contribution in [0.2, 0.25) is 0 Å². The number of ether oxygens (including phenoxy) is 1. The van der Waals surface area contributed by atoms with Crippen molar-refractivity contribution in [3.8, 4) is 11.1 Å². The summed E-state index contributed by atoms with van der Waals surface area (Å²) in [5.41, 5.74) is 0.635. The Morgan fingerprint density at radius 3 is 2.85 bits per heavy atom. The van der Waals surface area contributed by atoms with Crippen molar-refractivity contribution in [1.82, 2.24) is 9.78 Å². The van der Waals surface area contributed by atoms with Crippen LogP contribution in [0.15, 0.2) is 35.1 Å². The molecule has 0 saturated carbocycles. The fraction of sp³-hybridized carbons (Fsp3) is 0.154. The summed E-state index contributed by atoms with van der Waals surface area (Å²) in [5, 5.41) is 4.03. The molecule has 2 rings (SSSR count). The highest BCUT2D eigenvalue weighted by molar-refractivity contribution is 14.1. The van der Waals surface area contributed by atoms with Crippen molar-refractivity contribution >= 4 is 28.6 Å². The van der Waals surface area contributed by atoms with E-state index in [9.17, 15) is 14.0 Å². The normalized spacial score (nSPS) is 10.3. The van der Waals surface area contributed by atoms with Crippen LogP contribution in [0.5, 0.6) is 0 Å². The van der Waals surface area contributed by atoms with E-state index in [1.165, 1.54) is 25.3 Å². The monoisotopic (exact) mass is 388 g/mol. The van der Waals surface area contributed by atoms with E-state index in [0.29, 0.717) is 14.8 Å². The predicted molar refractivity (Wildman–Crippen MR) is 78.6 cm³/mol. The second-order valence-corrected chi connectivity index (χ2v) is 4.95. The largest absolute Gasteiger partial charge is 0.468 e. The summed E-state index contributed by atoms with van der Waals surface area (Å²) < 4.78 is 19.2. The third kappa shape index (κ3) is 3.21.